The van der Waals surface area contributed by atoms with Crippen molar-refractivity contribution in [2.75, 3.05) is 14.1 Å². The summed E-state index contributed by atoms with van der Waals surface area (Å²) >= 11 is 13.7. The zero-order chi connectivity index (χ0) is 13.3. The minimum atomic E-state index is 0.565. The van der Waals surface area contributed by atoms with Crippen LogP contribution in [-0.4, -0.2) is 24.0 Å². The highest BCUT2D eigenvalue weighted by Gasteiger charge is 2.13. The first-order chi connectivity index (χ1) is 8.47. The first-order valence-electron chi connectivity index (χ1n) is 5.54. The third-order valence-electron chi connectivity index (χ3n) is 2.46. The molecule has 0 bridgehead atoms. The van der Waals surface area contributed by atoms with Gasteiger partial charge in [-0.3, -0.25) is 0 Å². The summed E-state index contributed by atoms with van der Waals surface area (Å²) in [6.07, 6.45) is 0. The summed E-state index contributed by atoms with van der Waals surface area (Å²) in [6.45, 7) is 2.89. The molecule has 5 heteroatoms. The normalized spacial score (nSPS) is 11.2. The van der Waals surface area contributed by atoms with E-state index in [0.29, 0.717) is 10.0 Å². The zero-order valence-corrected chi connectivity index (χ0v) is 12.8. The number of benzene rings is 1. The van der Waals surface area contributed by atoms with Crippen LogP contribution < -0.4 is 0 Å². The van der Waals surface area contributed by atoms with Gasteiger partial charge in [-0.15, -0.1) is 11.3 Å². The van der Waals surface area contributed by atoms with Gasteiger partial charge in [-0.1, -0.05) is 29.3 Å². The maximum atomic E-state index is 6.06. The van der Waals surface area contributed by atoms with Gasteiger partial charge < -0.3 is 4.90 Å². The predicted octanol–water partition coefficient (Wildman–Crippen LogP) is 4.49. The highest BCUT2D eigenvalue weighted by atomic mass is 35.5. The summed E-state index contributed by atoms with van der Waals surface area (Å²) in [7, 11) is 4.10. The molecule has 0 spiro atoms. The lowest BCUT2D eigenvalue weighted by Crippen LogP contribution is -2.10. The van der Waals surface area contributed by atoms with Crippen molar-refractivity contribution in [3.05, 3.63) is 38.1 Å². The average molecular weight is 301 g/mol. The quantitative estimate of drug-likeness (QED) is 0.830. The molecule has 0 N–H and O–H groups in total. The molecule has 0 aliphatic rings. The van der Waals surface area contributed by atoms with Crippen LogP contribution in [0.4, 0.5) is 0 Å². The van der Waals surface area contributed by atoms with E-state index < -0.39 is 0 Å². The summed E-state index contributed by atoms with van der Waals surface area (Å²) in [5.41, 5.74) is 2.02. The summed E-state index contributed by atoms with van der Waals surface area (Å²) in [6, 6.07) is 5.65. The summed E-state index contributed by atoms with van der Waals surface area (Å²) < 4.78 is 0. The Bertz CT molecular complexity index is 564. The van der Waals surface area contributed by atoms with Crippen LogP contribution in [-0.2, 0) is 6.54 Å². The molecule has 0 radical (unpaired) electrons. The lowest BCUT2D eigenvalue weighted by molar-refractivity contribution is 0.406. The molecule has 1 heterocycles. The van der Waals surface area contributed by atoms with Crippen LogP contribution in [0.3, 0.4) is 0 Å². The second kappa shape index (κ2) is 5.57. The van der Waals surface area contributed by atoms with E-state index in [9.17, 15) is 0 Å². The standard InChI is InChI=1S/C13H14Cl2N2S/c1-8-16-13(12(18-8)7-17(2)3)9-4-5-10(14)11(15)6-9/h4-6H,7H2,1-3H3. The van der Waals surface area contributed by atoms with Crippen molar-refractivity contribution in [2.45, 2.75) is 13.5 Å². The molecule has 1 aromatic heterocycles. The lowest BCUT2D eigenvalue weighted by atomic mass is 10.1. The molecule has 18 heavy (non-hydrogen) atoms. The van der Waals surface area contributed by atoms with E-state index in [1.54, 1.807) is 11.3 Å². The second-order valence-corrected chi connectivity index (χ2v) is 6.47. The molecule has 0 atom stereocenters. The fourth-order valence-corrected chi connectivity index (χ4v) is 3.11. The van der Waals surface area contributed by atoms with Gasteiger partial charge in [0.05, 0.1) is 20.7 Å². The number of halogens is 2. The molecule has 0 saturated heterocycles. The molecule has 0 fully saturated rings. The van der Waals surface area contributed by atoms with Crippen molar-refractivity contribution in [3.8, 4) is 11.3 Å². The Kier molecular flexibility index (Phi) is 4.28. The van der Waals surface area contributed by atoms with Crippen LogP contribution in [0.2, 0.25) is 10.0 Å². The number of hydrogen-bond donors (Lipinski definition) is 0. The number of hydrogen-bond acceptors (Lipinski definition) is 3. The Morgan fingerprint density at radius 1 is 1.22 bits per heavy atom. The molecular formula is C13H14Cl2N2S. The van der Waals surface area contributed by atoms with Crippen molar-refractivity contribution in [1.29, 1.82) is 0 Å². The van der Waals surface area contributed by atoms with Crippen LogP contribution >= 0.6 is 34.5 Å². The topological polar surface area (TPSA) is 16.1 Å². The first kappa shape index (κ1) is 13.8. The smallest absolute Gasteiger partial charge is 0.0905 e. The number of thiazole rings is 1. The van der Waals surface area contributed by atoms with Gasteiger partial charge in [-0.25, -0.2) is 4.98 Å². The Morgan fingerprint density at radius 2 is 1.94 bits per heavy atom. The van der Waals surface area contributed by atoms with Gasteiger partial charge in [0.2, 0.25) is 0 Å². The van der Waals surface area contributed by atoms with Crippen molar-refractivity contribution in [1.82, 2.24) is 9.88 Å². The maximum absolute atomic E-state index is 6.06. The third-order valence-corrected chi connectivity index (χ3v) is 4.15. The van der Waals surface area contributed by atoms with E-state index in [-0.39, 0.29) is 0 Å². The first-order valence-corrected chi connectivity index (χ1v) is 7.11. The van der Waals surface area contributed by atoms with Crippen LogP contribution in [0, 0.1) is 6.92 Å². The largest absolute Gasteiger partial charge is 0.304 e. The molecule has 2 rings (SSSR count). The number of aryl methyl sites for hydroxylation is 1. The lowest BCUT2D eigenvalue weighted by Gasteiger charge is -2.09. The molecule has 96 valence electrons. The molecule has 0 aliphatic heterocycles. The predicted molar refractivity (Wildman–Crippen MR) is 79.7 cm³/mol. The van der Waals surface area contributed by atoms with Crippen molar-refractivity contribution in [2.24, 2.45) is 0 Å². The van der Waals surface area contributed by atoms with Gasteiger partial charge in [0.15, 0.2) is 0 Å². The average Bonchev–Trinajstić information content (AvgIpc) is 2.62. The number of nitrogens with zero attached hydrogens (tertiary/aromatic N) is 2. The molecule has 0 unspecified atom stereocenters. The van der Waals surface area contributed by atoms with Gasteiger partial charge in [0.25, 0.3) is 0 Å². The summed E-state index contributed by atoms with van der Waals surface area (Å²) in [5.74, 6) is 0. The molecule has 2 aromatic rings. The van der Waals surface area contributed by atoms with E-state index in [4.69, 9.17) is 23.2 Å². The Labute approximate surface area is 121 Å². The monoisotopic (exact) mass is 300 g/mol. The van der Waals surface area contributed by atoms with E-state index in [1.165, 1.54) is 4.88 Å². The molecule has 0 saturated carbocycles. The number of rotatable bonds is 3. The highest BCUT2D eigenvalue weighted by Crippen LogP contribution is 2.32. The number of aromatic nitrogens is 1. The molecule has 0 aliphatic carbocycles. The van der Waals surface area contributed by atoms with Gasteiger partial charge >= 0.3 is 0 Å². The Hall–Kier alpha value is -0.610. The minimum Gasteiger partial charge on any atom is -0.304 e. The Morgan fingerprint density at radius 3 is 2.56 bits per heavy atom. The second-order valence-electron chi connectivity index (χ2n) is 4.37. The van der Waals surface area contributed by atoms with Crippen LogP contribution in [0.5, 0.6) is 0 Å². The molecule has 1 aromatic carbocycles. The van der Waals surface area contributed by atoms with E-state index >= 15 is 0 Å². The third kappa shape index (κ3) is 3.04. The van der Waals surface area contributed by atoms with Gasteiger partial charge in [0, 0.05) is 17.0 Å². The van der Waals surface area contributed by atoms with Crippen molar-refractivity contribution < 1.29 is 0 Å². The summed E-state index contributed by atoms with van der Waals surface area (Å²) in [5, 5.41) is 2.20. The summed E-state index contributed by atoms with van der Waals surface area (Å²) in [4.78, 5) is 7.97. The van der Waals surface area contributed by atoms with E-state index in [1.807, 2.05) is 39.2 Å². The SMILES string of the molecule is Cc1nc(-c2ccc(Cl)c(Cl)c2)c(CN(C)C)s1. The fraction of sp³-hybridized carbons (Fsp3) is 0.308. The molecule has 2 nitrogen and oxygen atoms in total. The van der Waals surface area contributed by atoms with E-state index in [2.05, 4.69) is 9.88 Å². The highest BCUT2D eigenvalue weighted by molar-refractivity contribution is 7.12. The van der Waals surface area contributed by atoms with Crippen molar-refractivity contribution >= 4 is 34.5 Å². The van der Waals surface area contributed by atoms with Crippen LogP contribution in [0.1, 0.15) is 9.88 Å². The molecule has 0 amide bonds. The Balaban J connectivity index is 2.45. The van der Waals surface area contributed by atoms with E-state index in [0.717, 1.165) is 22.8 Å². The van der Waals surface area contributed by atoms with Gasteiger partial charge in [0.1, 0.15) is 0 Å². The fourth-order valence-electron chi connectivity index (χ4n) is 1.73. The van der Waals surface area contributed by atoms with Gasteiger partial charge in [-0.05, 0) is 33.2 Å². The van der Waals surface area contributed by atoms with Crippen LogP contribution in [0.15, 0.2) is 18.2 Å². The minimum absolute atomic E-state index is 0.565. The van der Waals surface area contributed by atoms with Gasteiger partial charge in [-0.2, -0.15) is 0 Å². The van der Waals surface area contributed by atoms with Crippen LogP contribution in [0.25, 0.3) is 11.3 Å². The maximum Gasteiger partial charge on any atom is 0.0905 e. The zero-order valence-electron chi connectivity index (χ0n) is 10.5. The van der Waals surface area contributed by atoms with Crippen molar-refractivity contribution in [3.63, 3.8) is 0 Å². The molecular weight excluding hydrogens is 287 g/mol.